The van der Waals surface area contributed by atoms with Crippen LogP contribution in [0.3, 0.4) is 0 Å². The van der Waals surface area contributed by atoms with E-state index in [1.807, 2.05) is 68.4 Å². The topological polar surface area (TPSA) is 55.4 Å². The van der Waals surface area contributed by atoms with Gasteiger partial charge in [0.2, 0.25) is 5.91 Å². The number of amides is 1. The third-order valence-corrected chi connectivity index (χ3v) is 3.97. The maximum Gasteiger partial charge on any atom is 0.322 e. The third kappa shape index (κ3) is 5.31. The Balaban J connectivity index is 2.14. The van der Waals surface area contributed by atoms with Gasteiger partial charge < -0.3 is 10.1 Å². The molecule has 1 N–H and O–H groups in total. The van der Waals surface area contributed by atoms with Crippen molar-refractivity contribution < 1.29 is 14.3 Å². The predicted molar refractivity (Wildman–Crippen MR) is 98.6 cm³/mol. The number of nitrogens with one attached hydrogen (secondary N) is 1. The van der Waals surface area contributed by atoms with Crippen molar-refractivity contribution in [3.63, 3.8) is 0 Å². The largest absolute Gasteiger partial charge is 0.468 e. The minimum absolute atomic E-state index is 0.366. The molecule has 1 amide bonds. The first-order chi connectivity index (χ1) is 12.0. The van der Waals surface area contributed by atoms with Crippen LogP contribution in [-0.4, -0.2) is 19.0 Å². The fourth-order valence-electron chi connectivity index (χ4n) is 2.44. The first-order valence-electron chi connectivity index (χ1n) is 8.16. The number of ether oxygens (including phenoxy) is 1. The number of benzene rings is 2. The van der Waals surface area contributed by atoms with Gasteiger partial charge in [0.05, 0.1) is 7.11 Å². The average Bonchev–Trinajstić information content (AvgIpc) is 2.64. The lowest BCUT2D eigenvalue weighted by molar-refractivity contribution is -0.147. The van der Waals surface area contributed by atoms with Gasteiger partial charge in [0.15, 0.2) is 5.92 Å². The van der Waals surface area contributed by atoms with Crippen molar-refractivity contribution in [3.05, 3.63) is 77.4 Å². The van der Waals surface area contributed by atoms with Gasteiger partial charge in [0, 0.05) is 6.54 Å². The number of allylic oxidation sites excluding steroid dienone is 1. The van der Waals surface area contributed by atoms with Gasteiger partial charge in [-0.25, -0.2) is 0 Å². The SMILES string of the molecule is COC(=O)C(/C=C(\C)c1ccc(C)cc1)C(=O)NCc1ccccc1. The highest BCUT2D eigenvalue weighted by molar-refractivity contribution is 6.01. The number of carbonyl (C=O) groups excluding carboxylic acids is 2. The number of rotatable bonds is 6. The van der Waals surface area contributed by atoms with Crippen LogP contribution in [0.15, 0.2) is 60.7 Å². The zero-order chi connectivity index (χ0) is 18.2. The van der Waals surface area contributed by atoms with E-state index in [1.54, 1.807) is 6.08 Å². The van der Waals surface area contributed by atoms with Crippen LogP contribution in [0.5, 0.6) is 0 Å². The van der Waals surface area contributed by atoms with Crippen LogP contribution >= 0.6 is 0 Å². The highest BCUT2D eigenvalue weighted by atomic mass is 16.5. The molecule has 130 valence electrons. The van der Waals surface area contributed by atoms with E-state index in [9.17, 15) is 9.59 Å². The summed E-state index contributed by atoms with van der Waals surface area (Å²) in [6, 6.07) is 17.5. The molecule has 0 fully saturated rings. The summed E-state index contributed by atoms with van der Waals surface area (Å²) in [6.07, 6.45) is 1.65. The number of methoxy groups -OCH3 is 1. The number of hydrogen-bond acceptors (Lipinski definition) is 3. The molecule has 2 aromatic carbocycles. The van der Waals surface area contributed by atoms with Gasteiger partial charge in [-0.05, 0) is 30.5 Å². The Bertz CT molecular complexity index is 748. The van der Waals surface area contributed by atoms with Crippen molar-refractivity contribution in [3.8, 4) is 0 Å². The van der Waals surface area contributed by atoms with Crippen LogP contribution in [0.2, 0.25) is 0 Å². The zero-order valence-corrected chi connectivity index (χ0v) is 14.8. The maximum atomic E-state index is 12.5. The second kappa shape index (κ2) is 8.83. The van der Waals surface area contributed by atoms with Crippen LogP contribution < -0.4 is 5.32 Å². The molecule has 4 heteroatoms. The molecule has 0 spiro atoms. The fourth-order valence-corrected chi connectivity index (χ4v) is 2.44. The standard InChI is InChI=1S/C21H23NO3/c1-15-9-11-18(12-10-15)16(2)13-19(21(24)25-3)20(23)22-14-17-7-5-4-6-8-17/h4-13,19H,14H2,1-3H3,(H,22,23)/b16-13+. The highest BCUT2D eigenvalue weighted by Gasteiger charge is 2.25. The molecule has 0 radical (unpaired) electrons. The van der Waals surface area contributed by atoms with Crippen LogP contribution in [0.25, 0.3) is 5.57 Å². The molecule has 0 aliphatic carbocycles. The Labute approximate surface area is 148 Å². The summed E-state index contributed by atoms with van der Waals surface area (Å²) in [6.45, 7) is 4.26. The summed E-state index contributed by atoms with van der Waals surface area (Å²) in [5, 5.41) is 2.80. The maximum absolute atomic E-state index is 12.5. The number of esters is 1. The van der Waals surface area contributed by atoms with Crippen LogP contribution in [0, 0.1) is 12.8 Å². The van der Waals surface area contributed by atoms with Crippen molar-refractivity contribution in [2.45, 2.75) is 20.4 Å². The Morgan fingerprint density at radius 3 is 2.32 bits per heavy atom. The normalized spacial score (nSPS) is 12.4. The summed E-state index contributed by atoms with van der Waals surface area (Å²) >= 11 is 0. The second-order valence-electron chi connectivity index (χ2n) is 5.92. The smallest absolute Gasteiger partial charge is 0.322 e. The van der Waals surface area contributed by atoms with E-state index in [0.29, 0.717) is 6.54 Å². The van der Waals surface area contributed by atoms with Gasteiger partial charge in [-0.3, -0.25) is 9.59 Å². The van der Waals surface area contributed by atoms with Gasteiger partial charge in [-0.2, -0.15) is 0 Å². The van der Waals surface area contributed by atoms with Crippen LogP contribution in [-0.2, 0) is 20.9 Å². The van der Waals surface area contributed by atoms with Crippen molar-refractivity contribution in [1.82, 2.24) is 5.32 Å². The summed E-state index contributed by atoms with van der Waals surface area (Å²) in [7, 11) is 1.29. The minimum Gasteiger partial charge on any atom is -0.468 e. The summed E-state index contributed by atoms with van der Waals surface area (Å²) in [4.78, 5) is 24.5. The minimum atomic E-state index is -0.977. The second-order valence-corrected chi connectivity index (χ2v) is 5.92. The molecule has 1 atom stereocenters. The first kappa shape index (κ1) is 18.5. The summed E-state index contributed by atoms with van der Waals surface area (Å²) in [5.41, 5.74) is 3.95. The van der Waals surface area contributed by atoms with Crippen molar-refractivity contribution in [2.75, 3.05) is 7.11 Å². The van der Waals surface area contributed by atoms with E-state index >= 15 is 0 Å². The van der Waals surface area contributed by atoms with Crippen molar-refractivity contribution in [1.29, 1.82) is 0 Å². The van der Waals surface area contributed by atoms with Crippen molar-refractivity contribution in [2.24, 2.45) is 5.92 Å². The van der Waals surface area contributed by atoms with E-state index in [4.69, 9.17) is 4.74 Å². The number of carbonyl (C=O) groups is 2. The number of aryl methyl sites for hydroxylation is 1. The van der Waals surface area contributed by atoms with Gasteiger partial charge in [-0.15, -0.1) is 0 Å². The molecule has 0 aliphatic rings. The van der Waals surface area contributed by atoms with Crippen LogP contribution in [0.1, 0.15) is 23.6 Å². The van der Waals surface area contributed by atoms with E-state index < -0.39 is 11.9 Å². The quantitative estimate of drug-likeness (QED) is 0.648. The summed E-state index contributed by atoms with van der Waals surface area (Å²) < 4.78 is 4.80. The monoisotopic (exact) mass is 337 g/mol. The zero-order valence-electron chi connectivity index (χ0n) is 14.8. The Morgan fingerprint density at radius 1 is 1.08 bits per heavy atom. The molecule has 25 heavy (non-hydrogen) atoms. The van der Waals surface area contributed by atoms with E-state index in [2.05, 4.69) is 5.32 Å². The Kier molecular flexibility index (Phi) is 6.52. The van der Waals surface area contributed by atoms with E-state index in [-0.39, 0.29) is 5.91 Å². The molecule has 0 saturated heterocycles. The molecule has 0 bridgehead atoms. The van der Waals surface area contributed by atoms with E-state index in [0.717, 1.165) is 22.3 Å². The first-order valence-corrected chi connectivity index (χ1v) is 8.16. The van der Waals surface area contributed by atoms with Gasteiger partial charge in [-0.1, -0.05) is 66.2 Å². The van der Waals surface area contributed by atoms with Gasteiger partial charge in [0.25, 0.3) is 0 Å². The molecule has 0 aliphatic heterocycles. The molecule has 4 nitrogen and oxygen atoms in total. The summed E-state index contributed by atoms with van der Waals surface area (Å²) in [5.74, 6) is -1.92. The lowest BCUT2D eigenvalue weighted by atomic mass is 9.99. The molecule has 2 aromatic rings. The number of hydrogen-bond donors (Lipinski definition) is 1. The lowest BCUT2D eigenvalue weighted by Crippen LogP contribution is -2.34. The Hall–Kier alpha value is -2.88. The van der Waals surface area contributed by atoms with Crippen molar-refractivity contribution >= 4 is 17.4 Å². The Morgan fingerprint density at radius 2 is 1.72 bits per heavy atom. The molecule has 2 rings (SSSR count). The van der Waals surface area contributed by atoms with E-state index in [1.165, 1.54) is 7.11 Å². The fraction of sp³-hybridized carbons (Fsp3) is 0.238. The molecule has 0 heterocycles. The molecule has 1 unspecified atom stereocenters. The highest BCUT2D eigenvalue weighted by Crippen LogP contribution is 2.18. The van der Waals surface area contributed by atoms with Gasteiger partial charge >= 0.3 is 5.97 Å². The predicted octanol–water partition coefficient (Wildman–Crippen LogP) is 3.50. The average molecular weight is 337 g/mol. The molecule has 0 aromatic heterocycles. The lowest BCUT2D eigenvalue weighted by Gasteiger charge is -2.13. The third-order valence-electron chi connectivity index (χ3n) is 3.97. The van der Waals surface area contributed by atoms with Crippen LogP contribution in [0.4, 0.5) is 0 Å². The molecule has 0 saturated carbocycles. The molecular weight excluding hydrogens is 314 g/mol. The van der Waals surface area contributed by atoms with Gasteiger partial charge in [0.1, 0.15) is 0 Å². The molecular formula is C21H23NO3.